The number of hydrogen-bond acceptors (Lipinski definition) is 1. The molecule has 1 rings (SSSR count). The van der Waals surface area contributed by atoms with Crippen molar-refractivity contribution in [2.24, 2.45) is 11.3 Å². The van der Waals surface area contributed by atoms with Gasteiger partial charge < -0.3 is 5.11 Å². The van der Waals surface area contributed by atoms with Crippen LogP contribution in [0.3, 0.4) is 0 Å². The van der Waals surface area contributed by atoms with Crippen LogP contribution in [0.2, 0.25) is 0 Å². The summed E-state index contributed by atoms with van der Waals surface area (Å²) in [6, 6.07) is 0. The lowest BCUT2D eigenvalue weighted by Gasteiger charge is -2.30. The van der Waals surface area contributed by atoms with Gasteiger partial charge in [0.25, 0.3) is 0 Å². The molecule has 1 aliphatic carbocycles. The first-order valence-electron chi connectivity index (χ1n) is 4.50. The molecule has 0 bridgehead atoms. The first-order chi connectivity index (χ1) is 5.65. The summed E-state index contributed by atoms with van der Waals surface area (Å²) in [6.45, 7) is 6.65. The summed E-state index contributed by atoms with van der Waals surface area (Å²) in [5.74, 6) is 0.620. The molecular weight excluding hydrogens is 216 g/mol. The van der Waals surface area contributed by atoms with E-state index in [1.54, 1.807) is 0 Å². The van der Waals surface area contributed by atoms with Crippen molar-refractivity contribution in [2.75, 3.05) is 11.9 Å². The highest BCUT2D eigenvalue weighted by Gasteiger charge is 2.39. The molecule has 0 unspecified atom stereocenters. The minimum absolute atomic E-state index is 0.225. The Morgan fingerprint density at radius 3 is 2.92 bits per heavy atom. The van der Waals surface area contributed by atoms with Crippen molar-refractivity contribution >= 4 is 15.9 Å². The number of halogens is 1. The maximum absolute atomic E-state index is 8.90. The van der Waals surface area contributed by atoms with Crippen molar-refractivity contribution in [3.63, 3.8) is 0 Å². The molecule has 0 aromatic heterocycles. The molecule has 0 radical (unpaired) electrons. The number of hydrogen-bond donors (Lipinski definition) is 1. The van der Waals surface area contributed by atoms with Gasteiger partial charge in [0.1, 0.15) is 0 Å². The number of allylic oxidation sites excluding steroid dienone is 1. The van der Waals surface area contributed by atoms with E-state index in [0.29, 0.717) is 12.5 Å². The molecule has 12 heavy (non-hydrogen) atoms. The van der Waals surface area contributed by atoms with Gasteiger partial charge in [-0.3, -0.25) is 0 Å². The lowest BCUT2D eigenvalue weighted by molar-refractivity contribution is 0.210. The highest BCUT2D eigenvalue weighted by Crippen LogP contribution is 2.48. The topological polar surface area (TPSA) is 20.2 Å². The summed E-state index contributed by atoms with van der Waals surface area (Å²) in [7, 11) is 0. The van der Waals surface area contributed by atoms with E-state index in [4.69, 9.17) is 5.11 Å². The zero-order chi connectivity index (χ0) is 9.19. The Bertz CT molecular complexity index is 179. The molecule has 0 aliphatic heterocycles. The molecule has 2 heteroatoms. The quantitative estimate of drug-likeness (QED) is 0.587. The molecule has 0 heterocycles. The largest absolute Gasteiger partial charge is 0.396 e. The standard InChI is InChI=1S/C10H17BrO/c1-8-3-4-9(5-6-12)10(8,2)7-11/h9,12H,1,3-7H2,2H3/t9-,10+/m1/s1. The van der Waals surface area contributed by atoms with Gasteiger partial charge >= 0.3 is 0 Å². The van der Waals surface area contributed by atoms with Crippen LogP contribution in [0.1, 0.15) is 26.2 Å². The smallest absolute Gasteiger partial charge is 0.0433 e. The molecule has 0 spiro atoms. The normalized spacial score (nSPS) is 35.9. The second-order valence-corrected chi connectivity index (χ2v) is 4.46. The van der Waals surface area contributed by atoms with E-state index < -0.39 is 0 Å². The minimum atomic E-state index is 0.225. The lowest BCUT2D eigenvalue weighted by atomic mass is 9.78. The highest BCUT2D eigenvalue weighted by atomic mass is 79.9. The molecule has 70 valence electrons. The molecule has 0 saturated heterocycles. The number of aliphatic hydroxyl groups excluding tert-OH is 1. The summed E-state index contributed by atoms with van der Waals surface area (Å²) in [4.78, 5) is 0. The van der Waals surface area contributed by atoms with Crippen LogP contribution < -0.4 is 0 Å². The maximum Gasteiger partial charge on any atom is 0.0433 e. The van der Waals surface area contributed by atoms with E-state index in [-0.39, 0.29) is 5.41 Å². The van der Waals surface area contributed by atoms with E-state index in [1.165, 1.54) is 12.0 Å². The van der Waals surface area contributed by atoms with Gasteiger partial charge in [-0.1, -0.05) is 35.0 Å². The third-order valence-electron chi connectivity index (χ3n) is 3.26. The number of alkyl halides is 1. The molecule has 2 atom stereocenters. The van der Waals surface area contributed by atoms with Gasteiger partial charge in [0, 0.05) is 17.4 Å². The van der Waals surface area contributed by atoms with E-state index in [0.717, 1.165) is 18.2 Å². The third-order valence-corrected chi connectivity index (χ3v) is 4.42. The van der Waals surface area contributed by atoms with Gasteiger partial charge in [-0.05, 0) is 25.2 Å². The van der Waals surface area contributed by atoms with Crippen LogP contribution in [0.5, 0.6) is 0 Å². The van der Waals surface area contributed by atoms with Crippen molar-refractivity contribution in [3.05, 3.63) is 12.2 Å². The van der Waals surface area contributed by atoms with Gasteiger partial charge in [0.15, 0.2) is 0 Å². The Labute approximate surface area is 83.0 Å². The van der Waals surface area contributed by atoms with Crippen molar-refractivity contribution in [1.29, 1.82) is 0 Å². The Kier molecular flexibility index (Phi) is 3.36. The number of aliphatic hydroxyl groups is 1. The molecule has 0 amide bonds. The monoisotopic (exact) mass is 232 g/mol. The van der Waals surface area contributed by atoms with E-state index in [2.05, 4.69) is 29.4 Å². The fraction of sp³-hybridized carbons (Fsp3) is 0.800. The zero-order valence-electron chi connectivity index (χ0n) is 7.65. The Morgan fingerprint density at radius 2 is 2.42 bits per heavy atom. The van der Waals surface area contributed by atoms with Crippen molar-refractivity contribution in [2.45, 2.75) is 26.2 Å². The van der Waals surface area contributed by atoms with E-state index in [1.807, 2.05) is 0 Å². The first-order valence-corrected chi connectivity index (χ1v) is 5.62. The highest BCUT2D eigenvalue weighted by molar-refractivity contribution is 9.09. The van der Waals surface area contributed by atoms with E-state index >= 15 is 0 Å². The van der Waals surface area contributed by atoms with Crippen molar-refractivity contribution in [1.82, 2.24) is 0 Å². The lowest BCUT2D eigenvalue weighted by Crippen LogP contribution is -2.25. The number of rotatable bonds is 3. The van der Waals surface area contributed by atoms with Gasteiger partial charge in [-0.25, -0.2) is 0 Å². The van der Waals surface area contributed by atoms with Crippen LogP contribution in [-0.2, 0) is 0 Å². The summed E-state index contributed by atoms with van der Waals surface area (Å²) in [6.07, 6.45) is 3.25. The molecule has 0 aromatic rings. The van der Waals surface area contributed by atoms with Gasteiger partial charge in [0.2, 0.25) is 0 Å². The van der Waals surface area contributed by atoms with Crippen LogP contribution in [0.25, 0.3) is 0 Å². The fourth-order valence-electron chi connectivity index (χ4n) is 2.06. The molecule has 0 aromatic carbocycles. The SMILES string of the molecule is C=C1CC[C@H](CCO)[C@@]1(C)CBr. The average Bonchev–Trinajstić information content (AvgIpc) is 2.34. The van der Waals surface area contributed by atoms with Crippen LogP contribution in [0.15, 0.2) is 12.2 Å². The Morgan fingerprint density at radius 1 is 1.75 bits per heavy atom. The summed E-state index contributed by atoms with van der Waals surface area (Å²) in [5.41, 5.74) is 1.57. The average molecular weight is 233 g/mol. The predicted molar refractivity (Wildman–Crippen MR) is 55.5 cm³/mol. The molecule has 1 saturated carbocycles. The van der Waals surface area contributed by atoms with Crippen LogP contribution in [-0.4, -0.2) is 17.0 Å². The maximum atomic E-state index is 8.90. The van der Waals surface area contributed by atoms with Gasteiger partial charge in [-0.15, -0.1) is 0 Å². The van der Waals surface area contributed by atoms with Crippen LogP contribution >= 0.6 is 15.9 Å². The second kappa shape index (κ2) is 3.93. The summed E-state index contributed by atoms with van der Waals surface area (Å²) >= 11 is 3.54. The minimum Gasteiger partial charge on any atom is -0.396 e. The second-order valence-electron chi connectivity index (χ2n) is 3.90. The molecule has 1 aliphatic rings. The van der Waals surface area contributed by atoms with Gasteiger partial charge in [0.05, 0.1) is 0 Å². The summed E-state index contributed by atoms with van der Waals surface area (Å²) < 4.78 is 0. The van der Waals surface area contributed by atoms with Crippen LogP contribution in [0, 0.1) is 11.3 Å². The fourth-order valence-corrected chi connectivity index (χ4v) is 2.92. The van der Waals surface area contributed by atoms with Gasteiger partial charge in [-0.2, -0.15) is 0 Å². The molecule has 1 fully saturated rings. The Hall–Kier alpha value is 0.180. The predicted octanol–water partition coefficient (Wildman–Crippen LogP) is 2.74. The first kappa shape index (κ1) is 10.3. The molecule has 1 N–H and O–H groups in total. The zero-order valence-corrected chi connectivity index (χ0v) is 9.23. The van der Waals surface area contributed by atoms with E-state index in [9.17, 15) is 0 Å². The van der Waals surface area contributed by atoms with Crippen molar-refractivity contribution < 1.29 is 5.11 Å². The molecule has 1 nitrogen and oxygen atoms in total. The summed E-state index contributed by atoms with van der Waals surface area (Å²) in [5, 5.41) is 9.87. The third kappa shape index (κ3) is 1.60. The Balaban J connectivity index is 2.70. The molecular formula is C10H17BrO. The van der Waals surface area contributed by atoms with Crippen molar-refractivity contribution in [3.8, 4) is 0 Å². The van der Waals surface area contributed by atoms with Crippen LogP contribution in [0.4, 0.5) is 0 Å².